The second-order valence-electron chi connectivity index (χ2n) is 3.87. The van der Waals surface area contributed by atoms with Crippen molar-refractivity contribution in [2.24, 2.45) is 5.73 Å². The lowest BCUT2D eigenvalue weighted by Crippen LogP contribution is -2.34. The maximum absolute atomic E-state index is 13.2. The van der Waals surface area contributed by atoms with Gasteiger partial charge in [-0.1, -0.05) is 0 Å². The van der Waals surface area contributed by atoms with Gasteiger partial charge in [0.25, 0.3) is 5.92 Å². The van der Waals surface area contributed by atoms with Crippen molar-refractivity contribution in [3.63, 3.8) is 0 Å². The molecule has 6 heteroatoms. The molecule has 2 N–H and O–H groups in total. The van der Waals surface area contributed by atoms with E-state index in [1.807, 2.05) is 0 Å². The highest BCUT2D eigenvalue weighted by Gasteiger charge is 2.45. The highest BCUT2D eigenvalue weighted by molar-refractivity contribution is 5.29. The minimum atomic E-state index is -2.81. The van der Waals surface area contributed by atoms with Crippen molar-refractivity contribution in [1.82, 2.24) is 4.98 Å². The SMILES string of the molecule is NCc1ccncc1OCC1OCCC1(F)F. The maximum Gasteiger partial charge on any atom is 0.279 e. The summed E-state index contributed by atoms with van der Waals surface area (Å²) >= 11 is 0. The molecule has 94 valence electrons. The van der Waals surface area contributed by atoms with Gasteiger partial charge in [-0.15, -0.1) is 0 Å². The average molecular weight is 244 g/mol. The molecule has 2 heterocycles. The predicted molar refractivity (Wildman–Crippen MR) is 56.9 cm³/mol. The molecule has 1 aromatic heterocycles. The number of alkyl halides is 2. The molecule has 1 aromatic rings. The second-order valence-corrected chi connectivity index (χ2v) is 3.87. The van der Waals surface area contributed by atoms with E-state index in [4.69, 9.17) is 15.2 Å². The van der Waals surface area contributed by atoms with Gasteiger partial charge in [0.15, 0.2) is 6.10 Å². The fourth-order valence-corrected chi connectivity index (χ4v) is 1.66. The van der Waals surface area contributed by atoms with Crippen LogP contribution in [0.1, 0.15) is 12.0 Å². The van der Waals surface area contributed by atoms with E-state index in [-0.39, 0.29) is 26.2 Å². The summed E-state index contributed by atoms with van der Waals surface area (Å²) in [7, 11) is 0. The van der Waals surface area contributed by atoms with Gasteiger partial charge in [0.05, 0.1) is 12.8 Å². The Labute approximate surface area is 97.7 Å². The highest BCUT2D eigenvalue weighted by Crippen LogP contribution is 2.32. The molecule has 0 saturated carbocycles. The molecule has 1 aliphatic heterocycles. The van der Waals surface area contributed by atoms with Crippen molar-refractivity contribution < 1.29 is 18.3 Å². The van der Waals surface area contributed by atoms with Gasteiger partial charge in [0.1, 0.15) is 12.4 Å². The first kappa shape index (κ1) is 12.2. The van der Waals surface area contributed by atoms with Crippen LogP contribution in [0.5, 0.6) is 5.75 Å². The van der Waals surface area contributed by atoms with Crippen molar-refractivity contribution in [2.75, 3.05) is 13.2 Å². The van der Waals surface area contributed by atoms with E-state index in [0.717, 1.165) is 5.56 Å². The van der Waals surface area contributed by atoms with Crippen LogP contribution in [0.2, 0.25) is 0 Å². The van der Waals surface area contributed by atoms with Gasteiger partial charge < -0.3 is 15.2 Å². The minimum absolute atomic E-state index is 0.0673. The lowest BCUT2D eigenvalue weighted by molar-refractivity contribution is -0.0838. The summed E-state index contributed by atoms with van der Waals surface area (Å²) in [4.78, 5) is 3.87. The quantitative estimate of drug-likeness (QED) is 0.868. The molecule has 1 fully saturated rings. The number of rotatable bonds is 4. The molecule has 0 amide bonds. The monoisotopic (exact) mass is 244 g/mol. The molecular weight excluding hydrogens is 230 g/mol. The Kier molecular flexibility index (Phi) is 3.54. The molecule has 0 radical (unpaired) electrons. The lowest BCUT2D eigenvalue weighted by Gasteiger charge is -2.18. The summed E-state index contributed by atoms with van der Waals surface area (Å²) in [5.74, 6) is -2.38. The van der Waals surface area contributed by atoms with Gasteiger partial charge in [-0.2, -0.15) is 0 Å². The fourth-order valence-electron chi connectivity index (χ4n) is 1.66. The number of ether oxygens (including phenoxy) is 2. The van der Waals surface area contributed by atoms with Crippen molar-refractivity contribution >= 4 is 0 Å². The third-order valence-electron chi connectivity index (χ3n) is 2.71. The third kappa shape index (κ3) is 2.70. The Hall–Kier alpha value is -1.27. The van der Waals surface area contributed by atoms with Crippen LogP contribution in [0.25, 0.3) is 0 Å². The van der Waals surface area contributed by atoms with Crippen LogP contribution in [0.4, 0.5) is 8.78 Å². The van der Waals surface area contributed by atoms with Gasteiger partial charge in [-0.05, 0) is 6.07 Å². The van der Waals surface area contributed by atoms with Gasteiger partial charge in [0.2, 0.25) is 0 Å². The maximum atomic E-state index is 13.2. The summed E-state index contributed by atoms with van der Waals surface area (Å²) in [6, 6.07) is 1.70. The van der Waals surface area contributed by atoms with E-state index in [2.05, 4.69) is 4.98 Å². The van der Waals surface area contributed by atoms with Crippen LogP contribution in [-0.4, -0.2) is 30.2 Å². The molecule has 0 aliphatic carbocycles. The van der Waals surface area contributed by atoms with Gasteiger partial charge >= 0.3 is 0 Å². The van der Waals surface area contributed by atoms with Crippen molar-refractivity contribution in [3.8, 4) is 5.75 Å². The molecule has 17 heavy (non-hydrogen) atoms. The summed E-state index contributed by atoms with van der Waals surface area (Å²) in [6.45, 7) is 0.156. The average Bonchev–Trinajstić information content (AvgIpc) is 2.66. The molecule has 1 saturated heterocycles. The minimum Gasteiger partial charge on any atom is -0.489 e. The Morgan fingerprint density at radius 1 is 1.59 bits per heavy atom. The predicted octanol–water partition coefficient (Wildman–Crippen LogP) is 1.34. The second kappa shape index (κ2) is 4.93. The van der Waals surface area contributed by atoms with Crippen LogP contribution in [0.15, 0.2) is 18.5 Å². The first-order valence-corrected chi connectivity index (χ1v) is 5.38. The number of nitrogens with zero attached hydrogens (tertiary/aromatic N) is 1. The Balaban J connectivity index is 1.98. The number of hydrogen-bond donors (Lipinski definition) is 1. The molecule has 4 nitrogen and oxygen atoms in total. The number of pyridine rings is 1. The zero-order valence-electron chi connectivity index (χ0n) is 9.23. The molecule has 0 aromatic carbocycles. The van der Waals surface area contributed by atoms with Crippen molar-refractivity contribution in [3.05, 3.63) is 24.0 Å². The zero-order valence-corrected chi connectivity index (χ0v) is 9.23. The van der Waals surface area contributed by atoms with Gasteiger partial charge in [-0.25, -0.2) is 8.78 Å². The summed E-state index contributed by atoms with van der Waals surface area (Å²) in [6.07, 6.45) is 1.61. The van der Waals surface area contributed by atoms with Crippen LogP contribution >= 0.6 is 0 Å². The molecule has 1 atom stereocenters. The Bertz CT molecular complexity index is 387. The smallest absolute Gasteiger partial charge is 0.279 e. The normalized spacial score (nSPS) is 22.6. The largest absolute Gasteiger partial charge is 0.489 e. The van der Waals surface area contributed by atoms with E-state index >= 15 is 0 Å². The van der Waals surface area contributed by atoms with E-state index in [1.165, 1.54) is 6.20 Å². The number of aromatic nitrogens is 1. The molecule has 2 rings (SSSR count). The molecule has 1 aliphatic rings. The topological polar surface area (TPSA) is 57.4 Å². The van der Waals surface area contributed by atoms with Gasteiger partial charge in [0, 0.05) is 24.7 Å². The van der Waals surface area contributed by atoms with E-state index < -0.39 is 12.0 Å². The van der Waals surface area contributed by atoms with E-state index in [0.29, 0.717) is 5.75 Å². The van der Waals surface area contributed by atoms with Crippen LogP contribution in [0, 0.1) is 0 Å². The van der Waals surface area contributed by atoms with Crippen LogP contribution in [0.3, 0.4) is 0 Å². The fraction of sp³-hybridized carbons (Fsp3) is 0.545. The van der Waals surface area contributed by atoms with E-state index in [1.54, 1.807) is 12.3 Å². The first-order chi connectivity index (χ1) is 8.13. The highest BCUT2D eigenvalue weighted by atomic mass is 19.3. The first-order valence-electron chi connectivity index (χ1n) is 5.38. The lowest BCUT2D eigenvalue weighted by atomic mass is 10.2. The molecular formula is C11H14F2N2O2. The Morgan fingerprint density at radius 2 is 2.41 bits per heavy atom. The van der Waals surface area contributed by atoms with Crippen LogP contribution in [-0.2, 0) is 11.3 Å². The number of halogens is 2. The summed E-state index contributed by atoms with van der Waals surface area (Å²) in [5, 5.41) is 0. The summed E-state index contributed by atoms with van der Waals surface area (Å²) in [5.41, 5.74) is 6.24. The molecule has 0 bridgehead atoms. The zero-order chi connectivity index (χ0) is 12.3. The number of nitrogens with two attached hydrogens (primary N) is 1. The van der Waals surface area contributed by atoms with Crippen LogP contribution < -0.4 is 10.5 Å². The molecule has 1 unspecified atom stereocenters. The number of hydrogen-bond acceptors (Lipinski definition) is 4. The van der Waals surface area contributed by atoms with Crippen molar-refractivity contribution in [2.45, 2.75) is 25.0 Å². The Morgan fingerprint density at radius 3 is 3.06 bits per heavy atom. The standard InChI is InChI=1S/C11H14F2N2O2/c12-11(13)2-4-16-10(11)7-17-9-6-15-3-1-8(9)5-14/h1,3,6,10H,2,4-5,7,14H2. The van der Waals surface area contributed by atoms with Gasteiger partial charge in [-0.3, -0.25) is 4.98 Å². The van der Waals surface area contributed by atoms with E-state index in [9.17, 15) is 8.78 Å². The summed E-state index contributed by atoms with van der Waals surface area (Å²) < 4.78 is 36.7. The van der Waals surface area contributed by atoms with Crippen molar-refractivity contribution in [1.29, 1.82) is 0 Å². The molecule has 0 spiro atoms. The third-order valence-corrected chi connectivity index (χ3v) is 2.71.